The Morgan fingerprint density at radius 2 is 1.97 bits per heavy atom. The molecule has 0 fully saturated rings. The lowest BCUT2D eigenvalue weighted by molar-refractivity contribution is 0.130. The van der Waals surface area contributed by atoms with Gasteiger partial charge in [0.2, 0.25) is 6.86 Å². The Hall–Kier alpha value is -3.62. The Morgan fingerprint density at radius 3 is 2.55 bits per heavy atom. The number of rotatable bonds is 6. The summed E-state index contributed by atoms with van der Waals surface area (Å²) in [7, 11) is 1.77. The summed E-state index contributed by atoms with van der Waals surface area (Å²) in [6.45, 7) is 2.53. The lowest BCUT2D eigenvalue weighted by Crippen LogP contribution is -2.22. The van der Waals surface area contributed by atoms with Crippen LogP contribution in [0.3, 0.4) is 0 Å². The molecular weight excluding hydrogens is 379 g/mol. The van der Waals surface area contributed by atoms with Gasteiger partial charge in [-0.1, -0.05) is 0 Å². The zero-order valence-corrected chi connectivity index (χ0v) is 16.3. The molecule has 29 heavy (non-hydrogen) atoms. The van der Waals surface area contributed by atoms with Crippen molar-refractivity contribution in [1.29, 1.82) is 0 Å². The van der Waals surface area contributed by atoms with Crippen molar-refractivity contribution >= 4 is 11.8 Å². The van der Waals surface area contributed by atoms with Crippen LogP contribution in [0.15, 0.2) is 53.7 Å². The number of nitrogens with zero attached hydrogens (tertiary/aromatic N) is 3. The van der Waals surface area contributed by atoms with Gasteiger partial charge in [0.1, 0.15) is 5.75 Å². The topological polar surface area (TPSA) is 87.4 Å². The van der Waals surface area contributed by atoms with Crippen LogP contribution in [0, 0.1) is 0 Å². The molecule has 0 saturated heterocycles. The molecule has 0 spiro atoms. The average Bonchev–Trinajstić information content (AvgIpc) is 3.08. The van der Waals surface area contributed by atoms with E-state index in [1.54, 1.807) is 68.4 Å². The van der Waals surface area contributed by atoms with E-state index >= 15 is 0 Å². The number of aryl methyl sites for hydroxylation is 1. The van der Waals surface area contributed by atoms with Crippen LogP contribution in [0.5, 0.6) is 5.75 Å². The number of hydrogen-bond acceptors (Lipinski definition) is 5. The Morgan fingerprint density at radius 1 is 1.24 bits per heavy atom. The third kappa shape index (κ3) is 4.81. The van der Waals surface area contributed by atoms with E-state index in [0.29, 0.717) is 28.3 Å². The van der Waals surface area contributed by atoms with Crippen molar-refractivity contribution in [3.8, 4) is 22.6 Å². The summed E-state index contributed by atoms with van der Waals surface area (Å²) in [5.74, 6) is 0.353. The van der Waals surface area contributed by atoms with Gasteiger partial charge in [-0.05, 0) is 38.1 Å². The first-order valence-electron chi connectivity index (χ1n) is 8.90. The highest BCUT2D eigenvalue weighted by atomic mass is 19.1. The number of alkyl halides is 1. The zero-order valence-electron chi connectivity index (χ0n) is 16.3. The summed E-state index contributed by atoms with van der Waals surface area (Å²) < 4.78 is 25.2. The molecule has 152 valence electrons. The van der Waals surface area contributed by atoms with E-state index in [1.807, 2.05) is 0 Å². The van der Waals surface area contributed by atoms with Crippen LogP contribution in [0.4, 0.5) is 14.9 Å². The fourth-order valence-electron chi connectivity index (χ4n) is 2.75. The second-order valence-electron chi connectivity index (χ2n) is 6.54. The third-order valence-electron chi connectivity index (χ3n) is 3.99. The van der Waals surface area contributed by atoms with Crippen LogP contribution in [0.1, 0.15) is 13.8 Å². The van der Waals surface area contributed by atoms with Gasteiger partial charge in [-0.15, -0.1) is 0 Å². The lowest BCUT2D eigenvalue weighted by atomic mass is 10.1. The molecule has 0 aliphatic heterocycles. The van der Waals surface area contributed by atoms with E-state index in [1.165, 1.54) is 10.6 Å². The highest BCUT2D eigenvalue weighted by Crippen LogP contribution is 2.27. The highest BCUT2D eigenvalue weighted by molar-refractivity contribution is 5.91. The predicted octanol–water partition coefficient (Wildman–Crippen LogP) is 3.50. The number of ether oxygens (including phenoxy) is 2. The predicted molar refractivity (Wildman–Crippen MR) is 106 cm³/mol. The van der Waals surface area contributed by atoms with Gasteiger partial charge in [-0.3, -0.25) is 19.4 Å². The second-order valence-corrected chi connectivity index (χ2v) is 6.54. The number of aromatic nitrogens is 3. The fourth-order valence-corrected chi connectivity index (χ4v) is 2.75. The molecule has 0 unspecified atom stereocenters. The third-order valence-corrected chi connectivity index (χ3v) is 3.99. The van der Waals surface area contributed by atoms with E-state index in [9.17, 15) is 14.0 Å². The highest BCUT2D eigenvalue weighted by Gasteiger charge is 2.15. The quantitative estimate of drug-likeness (QED) is 0.684. The number of carbonyl (C=O) groups excluding carboxylic acids is 1. The average molecular weight is 400 g/mol. The number of nitrogens with one attached hydrogen (secondary N) is 1. The summed E-state index contributed by atoms with van der Waals surface area (Å²) in [5.41, 5.74) is 1.79. The van der Waals surface area contributed by atoms with Gasteiger partial charge in [-0.25, -0.2) is 9.18 Å². The largest absolute Gasteiger partial charge is 0.463 e. The van der Waals surface area contributed by atoms with Crippen molar-refractivity contribution in [2.45, 2.75) is 20.0 Å². The number of anilines is 1. The summed E-state index contributed by atoms with van der Waals surface area (Å²) in [5, 5.41) is 6.77. The molecule has 3 aromatic rings. The minimum absolute atomic E-state index is 0.303. The number of halogens is 1. The SMILES string of the molecule is CC(C)OC(=O)Nc1cc(=O)n(-c2ccc(OCF)cc2)cc1-c1cnn(C)c1. The van der Waals surface area contributed by atoms with E-state index in [4.69, 9.17) is 9.47 Å². The molecule has 2 heterocycles. The van der Waals surface area contributed by atoms with Crippen molar-refractivity contribution in [2.75, 3.05) is 12.2 Å². The number of amides is 1. The maximum Gasteiger partial charge on any atom is 0.411 e. The Balaban J connectivity index is 2.05. The summed E-state index contributed by atoms with van der Waals surface area (Å²) >= 11 is 0. The first-order valence-corrected chi connectivity index (χ1v) is 8.90. The molecule has 0 aliphatic rings. The van der Waals surface area contributed by atoms with Gasteiger partial charge in [-0.2, -0.15) is 5.10 Å². The maximum atomic E-state index is 12.7. The van der Waals surface area contributed by atoms with Crippen molar-refractivity contribution in [2.24, 2.45) is 7.05 Å². The molecule has 3 rings (SSSR count). The van der Waals surface area contributed by atoms with Crippen molar-refractivity contribution in [1.82, 2.24) is 14.3 Å². The molecule has 0 bridgehead atoms. The number of benzene rings is 1. The van der Waals surface area contributed by atoms with Gasteiger partial charge in [0.05, 0.1) is 18.0 Å². The molecular formula is C20H21FN4O4. The fraction of sp³-hybridized carbons (Fsp3) is 0.250. The number of hydrogen-bond donors (Lipinski definition) is 1. The summed E-state index contributed by atoms with van der Waals surface area (Å²) in [6.07, 6.45) is 4.04. The van der Waals surface area contributed by atoms with Gasteiger partial charge in [0.25, 0.3) is 5.56 Å². The zero-order chi connectivity index (χ0) is 21.0. The summed E-state index contributed by atoms with van der Waals surface area (Å²) in [4.78, 5) is 24.8. The second kappa shape index (κ2) is 8.59. The van der Waals surface area contributed by atoms with Crippen LogP contribution in [-0.4, -0.2) is 33.4 Å². The molecule has 1 N–H and O–H groups in total. The number of carbonyl (C=O) groups is 1. The molecule has 0 saturated carbocycles. The molecule has 9 heteroatoms. The van der Waals surface area contributed by atoms with Gasteiger partial charge in [0, 0.05) is 42.3 Å². The minimum Gasteiger partial charge on any atom is -0.463 e. The van der Waals surface area contributed by atoms with Crippen molar-refractivity contribution in [3.63, 3.8) is 0 Å². The molecule has 8 nitrogen and oxygen atoms in total. The maximum absolute atomic E-state index is 12.7. The molecule has 1 amide bonds. The van der Waals surface area contributed by atoms with E-state index < -0.39 is 13.0 Å². The van der Waals surface area contributed by atoms with E-state index in [2.05, 4.69) is 10.4 Å². The Kier molecular flexibility index (Phi) is 5.96. The molecule has 0 atom stereocenters. The van der Waals surface area contributed by atoms with Crippen LogP contribution in [-0.2, 0) is 11.8 Å². The van der Waals surface area contributed by atoms with Crippen LogP contribution >= 0.6 is 0 Å². The van der Waals surface area contributed by atoms with E-state index in [0.717, 1.165) is 0 Å². The van der Waals surface area contributed by atoms with Gasteiger partial charge < -0.3 is 9.47 Å². The smallest absolute Gasteiger partial charge is 0.411 e. The van der Waals surface area contributed by atoms with E-state index in [-0.39, 0.29) is 11.7 Å². The van der Waals surface area contributed by atoms with Crippen LogP contribution < -0.4 is 15.6 Å². The Bertz CT molecular complexity index is 1060. The van der Waals surface area contributed by atoms with Crippen LogP contribution in [0.2, 0.25) is 0 Å². The monoisotopic (exact) mass is 400 g/mol. The first-order chi connectivity index (χ1) is 13.9. The van der Waals surface area contributed by atoms with Gasteiger partial charge in [0.15, 0.2) is 0 Å². The number of pyridine rings is 1. The lowest BCUT2D eigenvalue weighted by Gasteiger charge is -2.15. The molecule has 2 aromatic heterocycles. The minimum atomic E-state index is -0.933. The van der Waals surface area contributed by atoms with Crippen LogP contribution in [0.25, 0.3) is 16.8 Å². The van der Waals surface area contributed by atoms with Crippen molar-refractivity contribution in [3.05, 3.63) is 59.3 Å². The molecule has 0 aliphatic carbocycles. The summed E-state index contributed by atoms with van der Waals surface area (Å²) in [6, 6.07) is 7.73. The molecule has 1 aromatic carbocycles. The van der Waals surface area contributed by atoms with Crippen molar-refractivity contribution < 1.29 is 18.7 Å². The standard InChI is InChI=1S/C20H21FN4O4/c1-13(2)29-20(27)23-18-8-19(26)25(11-17(18)14-9-22-24(3)10-14)15-4-6-16(7-5-15)28-12-21/h4-11,13H,12H2,1-3H3,(H,23,27). The van der Waals surface area contributed by atoms with Gasteiger partial charge >= 0.3 is 6.09 Å². The Labute approximate surface area is 166 Å². The molecule has 0 radical (unpaired) electrons. The normalized spacial score (nSPS) is 10.8. The first kappa shape index (κ1) is 20.1.